The molecule has 0 aliphatic carbocycles. The summed E-state index contributed by atoms with van der Waals surface area (Å²) in [6, 6.07) is 23.7. The first-order valence-electron chi connectivity index (χ1n) is 9.22. The highest BCUT2D eigenvalue weighted by Gasteiger charge is 2.22. The predicted octanol–water partition coefficient (Wildman–Crippen LogP) is 3.55. The van der Waals surface area contributed by atoms with Gasteiger partial charge in [0.1, 0.15) is 5.75 Å². The van der Waals surface area contributed by atoms with Gasteiger partial charge in [0.2, 0.25) is 5.91 Å². The van der Waals surface area contributed by atoms with Gasteiger partial charge in [-0.15, -0.1) is 0 Å². The summed E-state index contributed by atoms with van der Waals surface area (Å²) in [6.07, 6.45) is 1.33. The highest BCUT2D eigenvalue weighted by Crippen LogP contribution is 2.24. The quantitative estimate of drug-likeness (QED) is 0.368. The third-order valence-corrected chi connectivity index (χ3v) is 4.83. The fourth-order valence-electron chi connectivity index (χ4n) is 2.90. The van der Waals surface area contributed by atoms with E-state index in [-0.39, 0.29) is 18.2 Å². The number of halogens is 1. The molecule has 0 spiro atoms. The van der Waals surface area contributed by atoms with Gasteiger partial charge in [0.15, 0.2) is 0 Å². The number of amides is 2. The van der Waals surface area contributed by atoms with E-state index < -0.39 is 11.8 Å². The number of aromatic hydroxyl groups is 1. The maximum atomic E-state index is 12.9. The fraction of sp³-hybridized carbons (Fsp3) is 0.0870. The topological polar surface area (TPSA) is 90.8 Å². The summed E-state index contributed by atoms with van der Waals surface area (Å²) in [5, 5.41) is 16.3. The van der Waals surface area contributed by atoms with Gasteiger partial charge in [-0.25, -0.2) is 5.43 Å². The van der Waals surface area contributed by atoms with Crippen LogP contribution < -0.4 is 10.7 Å². The summed E-state index contributed by atoms with van der Waals surface area (Å²) < 4.78 is 0.771. The molecule has 0 aromatic heterocycles. The molecule has 2 amide bonds. The summed E-state index contributed by atoms with van der Waals surface area (Å²) in [5.74, 6) is -1.24. The molecule has 6 nitrogen and oxygen atoms in total. The number of rotatable bonds is 7. The third kappa shape index (κ3) is 5.78. The normalized spacial score (nSPS) is 10.9. The zero-order valence-corrected chi connectivity index (χ0v) is 17.5. The van der Waals surface area contributed by atoms with Crippen molar-refractivity contribution in [1.29, 1.82) is 0 Å². The lowest BCUT2D eigenvalue weighted by molar-refractivity contribution is -0.126. The van der Waals surface area contributed by atoms with Crippen molar-refractivity contribution in [3.8, 4) is 5.75 Å². The van der Waals surface area contributed by atoms with Crippen LogP contribution in [0, 0.1) is 0 Å². The number of phenols is 1. The van der Waals surface area contributed by atoms with Crippen LogP contribution >= 0.6 is 15.9 Å². The minimum absolute atomic E-state index is 0.0399. The third-order valence-electron chi connectivity index (χ3n) is 4.33. The zero-order chi connectivity index (χ0) is 21.3. The number of hydrogen-bond donors (Lipinski definition) is 3. The van der Waals surface area contributed by atoms with E-state index in [0.717, 1.165) is 15.6 Å². The van der Waals surface area contributed by atoms with E-state index in [2.05, 4.69) is 31.8 Å². The van der Waals surface area contributed by atoms with Crippen LogP contribution in [0.4, 0.5) is 0 Å². The molecule has 0 aliphatic heterocycles. The Balaban J connectivity index is 1.62. The molecule has 152 valence electrons. The average molecular weight is 466 g/mol. The molecule has 7 heteroatoms. The molecular weight excluding hydrogens is 446 g/mol. The average Bonchev–Trinajstić information content (AvgIpc) is 2.76. The highest BCUT2D eigenvalue weighted by atomic mass is 79.9. The van der Waals surface area contributed by atoms with Gasteiger partial charge in [0.25, 0.3) is 5.91 Å². The molecule has 3 N–H and O–H groups in total. The van der Waals surface area contributed by atoms with Gasteiger partial charge in [-0.05, 0) is 29.3 Å². The first-order chi connectivity index (χ1) is 14.5. The molecule has 0 heterocycles. The van der Waals surface area contributed by atoms with Crippen LogP contribution in [0.3, 0.4) is 0 Å². The van der Waals surface area contributed by atoms with Crippen LogP contribution in [0.25, 0.3) is 0 Å². The van der Waals surface area contributed by atoms with Gasteiger partial charge < -0.3 is 10.4 Å². The zero-order valence-electron chi connectivity index (χ0n) is 16.0. The number of nitrogens with one attached hydrogen (secondary N) is 2. The highest BCUT2D eigenvalue weighted by molar-refractivity contribution is 9.10. The second kappa shape index (κ2) is 10.4. The number of benzene rings is 3. The lowest BCUT2D eigenvalue weighted by Gasteiger charge is -2.17. The van der Waals surface area contributed by atoms with E-state index in [9.17, 15) is 14.7 Å². The van der Waals surface area contributed by atoms with E-state index in [1.807, 2.05) is 60.7 Å². The Hall–Kier alpha value is -3.45. The van der Waals surface area contributed by atoms with Gasteiger partial charge in [0, 0.05) is 10.0 Å². The number of carbonyl (C=O) groups excluding carboxylic acids is 2. The molecule has 30 heavy (non-hydrogen) atoms. The second-order valence-electron chi connectivity index (χ2n) is 6.47. The molecule has 0 bridgehead atoms. The van der Waals surface area contributed by atoms with Crippen LogP contribution in [0.2, 0.25) is 0 Å². The van der Waals surface area contributed by atoms with E-state index >= 15 is 0 Å². The summed E-state index contributed by atoms with van der Waals surface area (Å²) in [5.41, 5.74) is 4.46. The Morgan fingerprint density at radius 2 is 1.57 bits per heavy atom. The maximum Gasteiger partial charge on any atom is 0.259 e. The first kappa shape index (κ1) is 21.3. The van der Waals surface area contributed by atoms with Crippen LogP contribution in [-0.4, -0.2) is 29.7 Å². The maximum absolute atomic E-state index is 12.9. The number of carbonyl (C=O) groups is 2. The summed E-state index contributed by atoms with van der Waals surface area (Å²) in [4.78, 5) is 24.9. The van der Waals surface area contributed by atoms with Crippen LogP contribution in [0.5, 0.6) is 5.75 Å². The largest absolute Gasteiger partial charge is 0.507 e. The van der Waals surface area contributed by atoms with E-state index in [0.29, 0.717) is 5.56 Å². The van der Waals surface area contributed by atoms with Crippen LogP contribution in [0.15, 0.2) is 88.4 Å². The van der Waals surface area contributed by atoms with Crippen molar-refractivity contribution in [2.45, 2.75) is 5.92 Å². The first-order valence-corrected chi connectivity index (χ1v) is 10.0. The van der Waals surface area contributed by atoms with E-state index in [1.165, 1.54) is 12.3 Å². The lowest BCUT2D eigenvalue weighted by Crippen LogP contribution is -2.37. The van der Waals surface area contributed by atoms with Gasteiger partial charge in [0.05, 0.1) is 18.7 Å². The minimum Gasteiger partial charge on any atom is -0.507 e. The standard InChI is InChI=1S/C23H20BrN3O3/c24-19-11-12-20(28)18(13-19)14-26-27-21(29)15-25-23(30)22(16-7-3-1-4-8-16)17-9-5-2-6-10-17/h1-14,22,28H,15H2,(H,25,30)(H,27,29). The van der Waals surface area contributed by atoms with Crippen molar-refractivity contribution in [1.82, 2.24) is 10.7 Å². The van der Waals surface area contributed by atoms with Crippen molar-refractivity contribution >= 4 is 34.0 Å². The van der Waals surface area contributed by atoms with Crippen molar-refractivity contribution < 1.29 is 14.7 Å². The van der Waals surface area contributed by atoms with Gasteiger partial charge in [-0.1, -0.05) is 76.6 Å². The number of hydrazone groups is 1. The molecule has 0 radical (unpaired) electrons. The van der Waals surface area contributed by atoms with Gasteiger partial charge in [-0.2, -0.15) is 5.10 Å². The van der Waals surface area contributed by atoms with Crippen LogP contribution in [-0.2, 0) is 9.59 Å². The smallest absolute Gasteiger partial charge is 0.259 e. The Bertz CT molecular complexity index is 1000. The monoisotopic (exact) mass is 465 g/mol. The Morgan fingerprint density at radius 3 is 2.17 bits per heavy atom. The summed E-state index contributed by atoms with van der Waals surface area (Å²) in [7, 11) is 0. The molecule has 0 fully saturated rings. The molecule has 0 atom stereocenters. The Labute approximate surface area is 182 Å². The van der Waals surface area contributed by atoms with Crippen molar-refractivity contribution in [3.05, 3.63) is 100 Å². The van der Waals surface area contributed by atoms with Crippen molar-refractivity contribution in [2.75, 3.05) is 6.54 Å². The second-order valence-corrected chi connectivity index (χ2v) is 7.38. The number of phenolic OH excluding ortho intramolecular Hbond substituents is 1. The van der Waals surface area contributed by atoms with Gasteiger partial charge >= 0.3 is 0 Å². The Kier molecular flexibility index (Phi) is 7.34. The van der Waals surface area contributed by atoms with E-state index in [1.54, 1.807) is 12.1 Å². The minimum atomic E-state index is -0.526. The SMILES string of the molecule is O=C(CNC(=O)C(c1ccccc1)c1ccccc1)NN=Cc1cc(Br)ccc1O. The lowest BCUT2D eigenvalue weighted by atomic mass is 9.90. The Morgan fingerprint density at radius 1 is 0.967 bits per heavy atom. The number of nitrogens with zero attached hydrogens (tertiary/aromatic N) is 1. The van der Waals surface area contributed by atoms with Crippen LogP contribution in [0.1, 0.15) is 22.6 Å². The van der Waals surface area contributed by atoms with Gasteiger partial charge in [-0.3, -0.25) is 9.59 Å². The molecule has 3 aromatic carbocycles. The molecule has 3 aromatic rings. The molecule has 0 saturated heterocycles. The molecule has 0 aliphatic rings. The summed E-state index contributed by atoms with van der Waals surface area (Å²) >= 11 is 3.30. The van der Waals surface area contributed by atoms with E-state index in [4.69, 9.17) is 0 Å². The number of hydrogen-bond acceptors (Lipinski definition) is 4. The predicted molar refractivity (Wildman–Crippen MR) is 119 cm³/mol. The van der Waals surface area contributed by atoms with Crippen molar-refractivity contribution in [3.63, 3.8) is 0 Å². The molecular formula is C23H20BrN3O3. The fourth-order valence-corrected chi connectivity index (χ4v) is 3.28. The van der Waals surface area contributed by atoms with Crippen molar-refractivity contribution in [2.24, 2.45) is 5.10 Å². The summed E-state index contributed by atoms with van der Waals surface area (Å²) in [6.45, 7) is -0.225. The molecule has 3 rings (SSSR count). The molecule has 0 saturated carbocycles. The molecule has 0 unspecified atom stereocenters.